The third-order valence-corrected chi connectivity index (χ3v) is 8.82. The average Bonchev–Trinajstić information content (AvgIpc) is 3.46. The van der Waals surface area contributed by atoms with Crippen LogP contribution in [0.2, 0.25) is 5.02 Å². The fourth-order valence-electron chi connectivity index (χ4n) is 6.25. The third-order valence-electron chi connectivity index (χ3n) is 8.57. The van der Waals surface area contributed by atoms with Gasteiger partial charge in [-0.2, -0.15) is 5.26 Å². The van der Waals surface area contributed by atoms with E-state index in [0.29, 0.717) is 67.7 Å². The van der Waals surface area contributed by atoms with Gasteiger partial charge in [0.1, 0.15) is 17.6 Å². The van der Waals surface area contributed by atoms with Crippen molar-refractivity contribution in [1.29, 1.82) is 5.26 Å². The van der Waals surface area contributed by atoms with Crippen molar-refractivity contribution < 1.29 is 18.7 Å². The molecular weight excluding hydrogens is 583 g/mol. The molecule has 0 bridgehead atoms. The molecule has 44 heavy (non-hydrogen) atoms. The minimum atomic E-state index is -0.559. The van der Waals surface area contributed by atoms with E-state index in [2.05, 4.69) is 10.2 Å². The molecule has 3 aromatic rings. The van der Waals surface area contributed by atoms with E-state index in [-0.39, 0.29) is 29.5 Å². The van der Waals surface area contributed by atoms with Crippen LogP contribution in [0.1, 0.15) is 55.5 Å². The van der Waals surface area contributed by atoms with Crippen LogP contribution < -0.4 is 9.64 Å². The summed E-state index contributed by atoms with van der Waals surface area (Å²) in [4.78, 5) is 33.4. The Morgan fingerprint density at radius 2 is 1.82 bits per heavy atom. The van der Waals surface area contributed by atoms with Crippen molar-refractivity contribution in [2.24, 2.45) is 11.8 Å². The highest BCUT2D eigenvalue weighted by atomic mass is 35.5. The predicted octanol–water partition coefficient (Wildman–Crippen LogP) is 5.22. The van der Waals surface area contributed by atoms with Gasteiger partial charge in [-0.1, -0.05) is 43.6 Å². The van der Waals surface area contributed by atoms with Crippen LogP contribution in [-0.4, -0.2) is 71.6 Å². The quantitative estimate of drug-likeness (QED) is 0.373. The number of methoxy groups -OCH3 is 1. The fourth-order valence-corrected chi connectivity index (χ4v) is 6.38. The molecule has 2 amide bonds. The van der Waals surface area contributed by atoms with Crippen LogP contribution in [0.5, 0.6) is 5.75 Å². The Labute approximate surface area is 262 Å². The van der Waals surface area contributed by atoms with Gasteiger partial charge in [-0.25, -0.2) is 4.39 Å². The number of benzene rings is 2. The van der Waals surface area contributed by atoms with Crippen molar-refractivity contribution in [3.8, 4) is 11.8 Å². The number of hydrogen-bond donors (Lipinski definition) is 0. The molecule has 0 N–H and O–H groups in total. The van der Waals surface area contributed by atoms with E-state index in [0.717, 1.165) is 5.56 Å². The molecule has 11 heteroatoms. The second-order valence-electron chi connectivity index (χ2n) is 11.6. The molecule has 3 unspecified atom stereocenters. The molecule has 5 rings (SSSR count). The zero-order valence-corrected chi connectivity index (χ0v) is 25.9. The van der Waals surface area contributed by atoms with Crippen molar-refractivity contribution in [2.45, 2.75) is 38.6 Å². The molecule has 3 atom stereocenters. The molecular formula is C33H36ClFN6O3. The lowest BCUT2D eigenvalue weighted by molar-refractivity contribution is -0.142. The highest BCUT2D eigenvalue weighted by Crippen LogP contribution is 2.38. The van der Waals surface area contributed by atoms with Crippen molar-refractivity contribution in [3.63, 3.8) is 0 Å². The van der Waals surface area contributed by atoms with Crippen LogP contribution in [0.4, 0.5) is 10.2 Å². The average molecular weight is 619 g/mol. The number of ether oxygens (including phenoxy) is 1. The van der Waals surface area contributed by atoms with E-state index in [1.54, 1.807) is 24.3 Å². The van der Waals surface area contributed by atoms with E-state index in [4.69, 9.17) is 21.6 Å². The number of carbonyl (C=O) groups excluding carboxylic acids is 2. The van der Waals surface area contributed by atoms with E-state index in [1.807, 2.05) is 58.9 Å². The van der Waals surface area contributed by atoms with Crippen molar-refractivity contribution in [1.82, 2.24) is 20.0 Å². The molecule has 0 saturated carbocycles. The summed E-state index contributed by atoms with van der Waals surface area (Å²) in [6.45, 7) is 5.71. The lowest BCUT2D eigenvalue weighted by atomic mass is 9.87. The molecule has 2 aliphatic rings. The number of nitrogens with zero attached hydrogens (tertiary/aromatic N) is 6. The van der Waals surface area contributed by atoms with E-state index < -0.39 is 17.7 Å². The minimum absolute atomic E-state index is 0.0314. The number of halogens is 2. The van der Waals surface area contributed by atoms with Gasteiger partial charge in [-0.05, 0) is 54.3 Å². The number of carbonyl (C=O) groups is 2. The number of amides is 2. The number of rotatable bonds is 6. The van der Waals surface area contributed by atoms with Crippen LogP contribution in [0.15, 0.2) is 54.6 Å². The summed E-state index contributed by atoms with van der Waals surface area (Å²) in [7, 11) is 1.48. The zero-order chi connectivity index (χ0) is 31.4. The largest absolute Gasteiger partial charge is 0.497 e. The Kier molecular flexibility index (Phi) is 9.64. The third kappa shape index (κ3) is 6.63. The van der Waals surface area contributed by atoms with Gasteiger partial charge in [0, 0.05) is 55.6 Å². The second kappa shape index (κ2) is 13.6. The van der Waals surface area contributed by atoms with Gasteiger partial charge in [0.2, 0.25) is 11.8 Å². The lowest BCUT2D eigenvalue weighted by Gasteiger charge is -2.39. The SMILES string of the molecule is COc1ccc(C2CN(c3ccc(C#N)nn3)CC2C(=O)N2CCCC(c3ccc(Cl)cc3)N(C(=O)C(C)C)CC2)c(F)c1. The molecule has 0 spiro atoms. The topological polar surface area (TPSA) is 103 Å². The summed E-state index contributed by atoms with van der Waals surface area (Å²) in [5.41, 5.74) is 1.64. The Morgan fingerprint density at radius 1 is 1.05 bits per heavy atom. The summed E-state index contributed by atoms with van der Waals surface area (Å²) in [5, 5.41) is 17.9. The van der Waals surface area contributed by atoms with Crippen LogP contribution in [0.25, 0.3) is 0 Å². The van der Waals surface area contributed by atoms with Crippen molar-refractivity contribution >= 4 is 29.2 Å². The fraction of sp³-hybridized carbons (Fsp3) is 0.424. The molecule has 2 aromatic carbocycles. The van der Waals surface area contributed by atoms with Gasteiger partial charge in [0.15, 0.2) is 11.5 Å². The van der Waals surface area contributed by atoms with Crippen LogP contribution in [0, 0.1) is 29.0 Å². The smallest absolute Gasteiger partial charge is 0.228 e. The molecule has 0 aliphatic carbocycles. The molecule has 3 heterocycles. The second-order valence-corrected chi connectivity index (χ2v) is 12.1. The van der Waals surface area contributed by atoms with Gasteiger partial charge >= 0.3 is 0 Å². The number of aromatic nitrogens is 2. The summed E-state index contributed by atoms with van der Waals surface area (Å²) < 4.78 is 20.6. The minimum Gasteiger partial charge on any atom is -0.497 e. The summed E-state index contributed by atoms with van der Waals surface area (Å²) >= 11 is 6.14. The first-order chi connectivity index (χ1) is 21.2. The summed E-state index contributed by atoms with van der Waals surface area (Å²) in [6, 6.07) is 17.5. The van der Waals surface area contributed by atoms with Gasteiger partial charge in [-0.15, -0.1) is 10.2 Å². The Morgan fingerprint density at radius 3 is 2.45 bits per heavy atom. The maximum Gasteiger partial charge on any atom is 0.228 e. The van der Waals surface area contributed by atoms with Crippen LogP contribution in [-0.2, 0) is 9.59 Å². The Balaban J connectivity index is 1.41. The van der Waals surface area contributed by atoms with Gasteiger partial charge in [-0.3, -0.25) is 9.59 Å². The van der Waals surface area contributed by atoms with E-state index >= 15 is 4.39 Å². The maximum atomic E-state index is 15.4. The standard InChI is InChI=1S/C33H36ClFN6O3/c1-21(2)32(42)41-16-15-39(14-4-5-30(41)22-6-8-23(34)9-7-22)33(43)28-20-40(31-13-10-24(18-36)37-38-31)19-27(28)26-12-11-25(44-3)17-29(26)35/h6-13,17,21,27-28,30H,4-5,14-16,19-20H2,1-3H3. The van der Waals surface area contributed by atoms with Crippen molar-refractivity contribution in [3.05, 3.63) is 82.3 Å². The highest BCUT2D eigenvalue weighted by molar-refractivity contribution is 6.30. The number of hydrogen-bond acceptors (Lipinski definition) is 7. The van der Waals surface area contributed by atoms with E-state index in [1.165, 1.54) is 13.2 Å². The molecule has 2 aliphatic heterocycles. The van der Waals surface area contributed by atoms with E-state index in [9.17, 15) is 9.59 Å². The molecule has 1 aromatic heterocycles. The molecule has 9 nitrogen and oxygen atoms in total. The number of nitriles is 1. The Hall–Kier alpha value is -4.23. The van der Waals surface area contributed by atoms with Crippen molar-refractivity contribution in [2.75, 3.05) is 44.7 Å². The number of anilines is 1. The van der Waals surface area contributed by atoms with Crippen LogP contribution >= 0.6 is 11.6 Å². The van der Waals surface area contributed by atoms with Gasteiger partial charge in [0.05, 0.1) is 19.1 Å². The summed E-state index contributed by atoms with van der Waals surface area (Å²) in [6.07, 6.45) is 1.39. The first-order valence-corrected chi connectivity index (χ1v) is 15.2. The van der Waals surface area contributed by atoms with Gasteiger partial charge < -0.3 is 19.4 Å². The molecule has 0 radical (unpaired) electrons. The highest BCUT2D eigenvalue weighted by Gasteiger charge is 2.43. The lowest BCUT2D eigenvalue weighted by Crippen LogP contribution is -2.48. The predicted molar refractivity (Wildman–Crippen MR) is 165 cm³/mol. The Bertz CT molecular complexity index is 1530. The zero-order valence-electron chi connectivity index (χ0n) is 25.1. The molecule has 230 valence electrons. The first kappa shape index (κ1) is 31.2. The monoisotopic (exact) mass is 618 g/mol. The normalized spacial score (nSPS) is 20.7. The molecule has 2 fully saturated rings. The summed E-state index contributed by atoms with van der Waals surface area (Å²) in [5.74, 6) is -0.788. The van der Waals surface area contributed by atoms with Gasteiger partial charge in [0.25, 0.3) is 0 Å². The maximum absolute atomic E-state index is 15.4. The molecule has 2 saturated heterocycles. The van der Waals surface area contributed by atoms with Crippen LogP contribution in [0.3, 0.4) is 0 Å². The first-order valence-electron chi connectivity index (χ1n) is 14.9.